The zero-order chi connectivity index (χ0) is 13.0. The first-order valence-corrected chi connectivity index (χ1v) is 5.66. The first-order valence-electron chi connectivity index (χ1n) is 4.54. The van der Waals surface area contributed by atoms with Gasteiger partial charge in [0.1, 0.15) is 11.3 Å². The van der Waals surface area contributed by atoms with E-state index in [4.69, 9.17) is 4.74 Å². The molecule has 0 unspecified atom stereocenters. The van der Waals surface area contributed by atoms with Crippen molar-refractivity contribution in [3.8, 4) is 5.75 Å². The topological polar surface area (TPSA) is 78.7 Å². The number of ether oxygens (including phenoxy) is 2. The lowest BCUT2D eigenvalue weighted by atomic mass is 10.1. The first kappa shape index (κ1) is 13.4. The van der Waals surface area contributed by atoms with E-state index in [2.05, 4.69) is 20.7 Å². The monoisotopic (exact) mass is 303 g/mol. The van der Waals surface area contributed by atoms with Crippen molar-refractivity contribution in [2.45, 2.75) is 5.33 Å². The molecule has 0 saturated carbocycles. The molecule has 0 aliphatic heterocycles. The number of esters is 1. The van der Waals surface area contributed by atoms with E-state index in [-0.39, 0.29) is 17.0 Å². The molecule has 92 valence electrons. The van der Waals surface area contributed by atoms with Crippen LogP contribution in [-0.4, -0.2) is 25.1 Å². The van der Waals surface area contributed by atoms with Gasteiger partial charge in [-0.05, 0) is 0 Å². The summed E-state index contributed by atoms with van der Waals surface area (Å²) in [5.41, 5.74) is 0.376. The molecule has 6 nitrogen and oxygen atoms in total. The SMILES string of the molecule is COC(=O)c1cc([N+](=O)[O-])cc(CBr)c1OC. The van der Waals surface area contributed by atoms with Crippen LogP contribution >= 0.6 is 15.9 Å². The van der Waals surface area contributed by atoms with Crippen molar-refractivity contribution >= 4 is 27.6 Å². The molecule has 0 amide bonds. The average molecular weight is 304 g/mol. The molecule has 1 aromatic carbocycles. The van der Waals surface area contributed by atoms with Crippen LogP contribution < -0.4 is 4.74 Å². The molecule has 0 heterocycles. The van der Waals surface area contributed by atoms with Gasteiger partial charge in [-0.3, -0.25) is 10.1 Å². The molecular formula is C10H10BrNO5. The van der Waals surface area contributed by atoms with Crippen molar-refractivity contribution in [1.82, 2.24) is 0 Å². The Labute approximate surface area is 106 Å². The van der Waals surface area contributed by atoms with Gasteiger partial charge in [-0.15, -0.1) is 0 Å². The fraction of sp³-hybridized carbons (Fsp3) is 0.300. The molecule has 0 bridgehead atoms. The van der Waals surface area contributed by atoms with Gasteiger partial charge in [0.05, 0.1) is 19.1 Å². The molecule has 1 aromatic rings. The van der Waals surface area contributed by atoms with Crippen molar-refractivity contribution in [3.63, 3.8) is 0 Å². The van der Waals surface area contributed by atoms with E-state index in [1.54, 1.807) is 0 Å². The molecule has 0 radical (unpaired) electrons. The number of halogens is 1. The number of non-ortho nitro benzene ring substituents is 1. The third kappa shape index (κ3) is 2.73. The summed E-state index contributed by atoms with van der Waals surface area (Å²) in [7, 11) is 2.59. The van der Waals surface area contributed by atoms with E-state index in [1.807, 2.05) is 0 Å². The number of carbonyl (C=O) groups is 1. The second-order valence-electron chi connectivity index (χ2n) is 3.07. The fourth-order valence-electron chi connectivity index (χ4n) is 1.38. The van der Waals surface area contributed by atoms with Crippen molar-refractivity contribution in [1.29, 1.82) is 0 Å². The fourth-order valence-corrected chi connectivity index (χ4v) is 1.80. The second-order valence-corrected chi connectivity index (χ2v) is 3.63. The predicted octanol–water partition coefficient (Wildman–Crippen LogP) is 2.28. The highest BCUT2D eigenvalue weighted by molar-refractivity contribution is 9.08. The molecule has 0 aliphatic rings. The molecular weight excluding hydrogens is 294 g/mol. The minimum Gasteiger partial charge on any atom is -0.496 e. The predicted molar refractivity (Wildman–Crippen MR) is 63.6 cm³/mol. The van der Waals surface area contributed by atoms with Gasteiger partial charge >= 0.3 is 5.97 Å². The van der Waals surface area contributed by atoms with Gasteiger partial charge < -0.3 is 9.47 Å². The smallest absolute Gasteiger partial charge is 0.341 e. The Morgan fingerprint density at radius 1 is 1.47 bits per heavy atom. The number of nitro groups is 1. The summed E-state index contributed by atoms with van der Waals surface area (Å²) >= 11 is 3.18. The lowest BCUT2D eigenvalue weighted by molar-refractivity contribution is -0.385. The molecule has 0 saturated heterocycles. The molecule has 0 aromatic heterocycles. The van der Waals surface area contributed by atoms with E-state index < -0.39 is 10.9 Å². The number of rotatable bonds is 4. The van der Waals surface area contributed by atoms with Crippen molar-refractivity contribution in [2.75, 3.05) is 14.2 Å². The number of benzene rings is 1. The van der Waals surface area contributed by atoms with Crippen LogP contribution in [-0.2, 0) is 10.1 Å². The maximum Gasteiger partial charge on any atom is 0.341 e. The Morgan fingerprint density at radius 2 is 2.12 bits per heavy atom. The average Bonchev–Trinajstić information content (AvgIpc) is 2.35. The molecule has 0 N–H and O–H groups in total. The Hall–Kier alpha value is -1.63. The maximum atomic E-state index is 11.5. The van der Waals surface area contributed by atoms with E-state index >= 15 is 0 Å². The highest BCUT2D eigenvalue weighted by atomic mass is 79.9. The van der Waals surface area contributed by atoms with Gasteiger partial charge in [-0.2, -0.15) is 0 Å². The van der Waals surface area contributed by atoms with Crippen LogP contribution in [0.5, 0.6) is 5.75 Å². The normalized spacial score (nSPS) is 9.82. The van der Waals surface area contributed by atoms with Crippen molar-refractivity contribution in [3.05, 3.63) is 33.4 Å². The van der Waals surface area contributed by atoms with E-state index in [1.165, 1.54) is 20.3 Å². The van der Waals surface area contributed by atoms with Gasteiger partial charge in [0, 0.05) is 23.0 Å². The van der Waals surface area contributed by atoms with E-state index in [0.717, 1.165) is 6.07 Å². The van der Waals surface area contributed by atoms with E-state index in [0.29, 0.717) is 10.9 Å². The number of alkyl halides is 1. The first-order chi connectivity index (χ1) is 8.04. The van der Waals surface area contributed by atoms with Crippen LogP contribution in [0.25, 0.3) is 0 Å². The Morgan fingerprint density at radius 3 is 2.53 bits per heavy atom. The van der Waals surface area contributed by atoms with Gasteiger partial charge in [0.25, 0.3) is 5.69 Å². The maximum absolute atomic E-state index is 11.5. The largest absolute Gasteiger partial charge is 0.496 e. The summed E-state index contributed by atoms with van der Waals surface area (Å²) in [4.78, 5) is 21.7. The lowest BCUT2D eigenvalue weighted by Gasteiger charge is -2.10. The molecule has 0 spiro atoms. The van der Waals surface area contributed by atoms with Crippen molar-refractivity contribution in [2.24, 2.45) is 0 Å². The minimum absolute atomic E-state index is 0.0404. The van der Waals surface area contributed by atoms with Crippen LogP contribution in [0.3, 0.4) is 0 Å². The van der Waals surface area contributed by atoms with Gasteiger partial charge in [0.2, 0.25) is 0 Å². The molecule has 17 heavy (non-hydrogen) atoms. The van der Waals surface area contributed by atoms with Crippen LogP contribution in [0.15, 0.2) is 12.1 Å². The molecule has 1 rings (SSSR count). The molecule has 7 heteroatoms. The second kappa shape index (κ2) is 5.62. The number of methoxy groups -OCH3 is 2. The van der Waals surface area contributed by atoms with Crippen LogP contribution in [0.4, 0.5) is 5.69 Å². The number of nitro benzene ring substituents is 1. The number of carbonyl (C=O) groups excluding carboxylic acids is 1. The van der Waals surface area contributed by atoms with Crippen molar-refractivity contribution < 1.29 is 19.2 Å². The summed E-state index contributed by atoms with van der Waals surface area (Å²) < 4.78 is 9.63. The molecule has 0 aliphatic carbocycles. The van der Waals surface area contributed by atoms with Crippen LogP contribution in [0.1, 0.15) is 15.9 Å². The number of hydrogen-bond acceptors (Lipinski definition) is 5. The lowest BCUT2D eigenvalue weighted by Crippen LogP contribution is -2.07. The summed E-state index contributed by atoms with van der Waals surface area (Å²) in [6.45, 7) is 0. The number of nitrogens with zero attached hydrogens (tertiary/aromatic N) is 1. The Balaban J connectivity index is 3.47. The summed E-state index contributed by atoms with van der Waals surface area (Å²) in [5, 5.41) is 11.1. The standard InChI is InChI=1S/C10H10BrNO5/c1-16-9-6(5-11)3-7(12(14)15)4-8(9)10(13)17-2/h3-4H,5H2,1-2H3. The van der Waals surface area contributed by atoms with Gasteiger partial charge in [-0.1, -0.05) is 15.9 Å². The highest BCUT2D eigenvalue weighted by Crippen LogP contribution is 2.31. The highest BCUT2D eigenvalue weighted by Gasteiger charge is 2.21. The van der Waals surface area contributed by atoms with Crippen LogP contribution in [0.2, 0.25) is 0 Å². The summed E-state index contributed by atoms with van der Waals surface area (Å²) in [5.74, 6) is -0.396. The van der Waals surface area contributed by atoms with Gasteiger partial charge in [0.15, 0.2) is 0 Å². The Bertz CT molecular complexity index is 460. The van der Waals surface area contributed by atoms with Gasteiger partial charge in [-0.25, -0.2) is 4.79 Å². The number of hydrogen-bond donors (Lipinski definition) is 0. The quantitative estimate of drug-likeness (QED) is 0.369. The summed E-state index contributed by atoms with van der Waals surface area (Å²) in [6.07, 6.45) is 0. The van der Waals surface area contributed by atoms with E-state index in [9.17, 15) is 14.9 Å². The minimum atomic E-state index is -0.673. The Kier molecular flexibility index (Phi) is 4.45. The third-order valence-corrected chi connectivity index (χ3v) is 2.72. The summed E-state index contributed by atoms with van der Waals surface area (Å²) in [6, 6.07) is 2.48. The molecule has 0 atom stereocenters. The third-order valence-electron chi connectivity index (χ3n) is 2.11. The zero-order valence-corrected chi connectivity index (χ0v) is 10.8. The van der Waals surface area contributed by atoms with Crippen LogP contribution in [0, 0.1) is 10.1 Å². The molecule has 0 fully saturated rings. The zero-order valence-electron chi connectivity index (χ0n) is 9.23.